The fourth-order valence-electron chi connectivity index (χ4n) is 1.05. The number of methoxy groups -OCH3 is 1. The van der Waals surface area contributed by atoms with Crippen molar-refractivity contribution in [2.75, 3.05) is 18.7 Å². The molecule has 0 bridgehead atoms. The van der Waals surface area contributed by atoms with Gasteiger partial charge in [-0.25, -0.2) is 0 Å². The van der Waals surface area contributed by atoms with Crippen LogP contribution in [0.15, 0.2) is 12.1 Å². The zero-order chi connectivity index (χ0) is 11.3. The van der Waals surface area contributed by atoms with E-state index in [1.165, 1.54) is 0 Å². The second-order valence-corrected chi connectivity index (χ2v) is 3.60. The van der Waals surface area contributed by atoms with Gasteiger partial charge in [0.1, 0.15) is 5.75 Å². The molecule has 2 N–H and O–H groups in total. The first-order valence-electron chi connectivity index (χ1n) is 4.37. The summed E-state index contributed by atoms with van der Waals surface area (Å²) >= 11 is 11.5. The first-order chi connectivity index (χ1) is 7.19. The molecule has 0 amide bonds. The second kappa shape index (κ2) is 5.75. The van der Waals surface area contributed by atoms with Gasteiger partial charge in [0.15, 0.2) is 0 Å². The Balaban J connectivity index is 3.04. The minimum absolute atomic E-state index is 0.505. The molecule has 0 saturated carbocycles. The van der Waals surface area contributed by atoms with Crippen LogP contribution in [-0.4, -0.2) is 13.0 Å². The summed E-state index contributed by atoms with van der Waals surface area (Å²) in [5.41, 5.74) is 6.88. The van der Waals surface area contributed by atoms with Crippen molar-refractivity contribution in [3.63, 3.8) is 0 Å². The van der Waals surface area contributed by atoms with Crippen LogP contribution in [-0.2, 0) is 0 Å². The minimum Gasteiger partial charge on any atom is -0.495 e. The summed E-state index contributed by atoms with van der Waals surface area (Å²) in [6.07, 6.45) is 0.630. The maximum Gasteiger partial charge on any atom is 0.143 e. The van der Waals surface area contributed by atoms with Crippen molar-refractivity contribution < 1.29 is 4.74 Å². The lowest BCUT2D eigenvalue weighted by Gasteiger charge is -2.05. The van der Waals surface area contributed by atoms with Crippen LogP contribution in [0.5, 0.6) is 5.75 Å². The van der Waals surface area contributed by atoms with Gasteiger partial charge >= 0.3 is 0 Å². The van der Waals surface area contributed by atoms with Crippen molar-refractivity contribution in [2.45, 2.75) is 6.42 Å². The van der Waals surface area contributed by atoms with Gasteiger partial charge in [-0.05, 0) is 12.1 Å². The van der Waals surface area contributed by atoms with Crippen molar-refractivity contribution in [1.29, 1.82) is 0 Å². The van der Waals surface area contributed by atoms with Crippen molar-refractivity contribution in [3.8, 4) is 17.6 Å². The molecule has 1 aromatic carbocycles. The van der Waals surface area contributed by atoms with Gasteiger partial charge in [0, 0.05) is 17.9 Å². The summed E-state index contributed by atoms with van der Waals surface area (Å²) in [4.78, 5) is 0. The van der Waals surface area contributed by atoms with Gasteiger partial charge in [-0.3, -0.25) is 0 Å². The molecule has 0 fully saturated rings. The molecular weight excluding hydrogens is 233 g/mol. The first-order valence-corrected chi connectivity index (χ1v) is 5.28. The number of rotatable bonds is 2. The van der Waals surface area contributed by atoms with E-state index in [2.05, 4.69) is 11.8 Å². The summed E-state index contributed by atoms with van der Waals surface area (Å²) < 4.78 is 5.07. The molecule has 1 aromatic rings. The van der Waals surface area contributed by atoms with E-state index in [9.17, 15) is 0 Å². The Labute approximate surface area is 99.3 Å². The van der Waals surface area contributed by atoms with Crippen LogP contribution in [0.1, 0.15) is 12.0 Å². The zero-order valence-corrected chi connectivity index (χ0v) is 9.82. The Morgan fingerprint density at radius 2 is 2.20 bits per heavy atom. The van der Waals surface area contributed by atoms with Crippen molar-refractivity contribution >= 4 is 28.9 Å². The molecule has 2 nitrogen and oxygen atoms in total. The summed E-state index contributed by atoms with van der Waals surface area (Å²) in [6, 6.07) is 3.35. The van der Waals surface area contributed by atoms with Gasteiger partial charge in [-0.15, -0.1) is 11.6 Å². The number of halogens is 2. The predicted molar refractivity (Wildman–Crippen MR) is 64.6 cm³/mol. The smallest absolute Gasteiger partial charge is 0.143 e. The molecule has 0 aliphatic rings. The fourth-order valence-corrected chi connectivity index (χ4v) is 1.36. The summed E-state index contributed by atoms with van der Waals surface area (Å²) in [5.74, 6) is 6.90. The number of benzene rings is 1. The maximum absolute atomic E-state index is 5.97. The van der Waals surface area contributed by atoms with Crippen molar-refractivity contribution in [3.05, 3.63) is 22.7 Å². The lowest BCUT2D eigenvalue weighted by Crippen LogP contribution is -1.93. The Hall–Kier alpha value is -1.04. The Morgan fingerprint density at radius 3 is 2.80 bits per heavy atom. The van der Waals surface area contributed by atoms with Crippen LogP contribution < -0.4 is 10.5 Å². The van der Waals surface area contributed by atoms with Crippen molar-refractivity contribution in [1.82, 2.24) is 0 Å². The molecule has 0 saturated heterocycles. The van der Waals surface area contributed by atoms with E-state index in [0.717, 1.165) is 0 Å². The fraction of sp³-hybridized carbons (Fsp3) is 0.273. The molecular formula is C11H11Cl2NO. The Kier molecular flexibility index (Phi) is 4.61. The largest absolute Gasteiger partial charge is 0.495 e. The highest BCUT2D eigenvalue weighted by Gasteiger charge is 2.04. The quantitative estimate of drug-likeness (QED) is 0.493. The third kappa shape index (κ3) is 3.23. The number of alkyl halides is 1. The van der Waals surface area contributed by atoms with E-state index in [1.807, 2.05) is 0 Å². The molecule has 0 spiro atoms. The molecule has 0 unspecified atom stereocenters. The molecule has 80 valence electrons. The van der Waals surface area contributed by atoms with Gasteiger partial charge in [0.05, 0.1) is 17.8 Å². The Bertz CT molecular complexity index is 407. The first kappa shape index (κ1) is 12.0. The van der Waals surface area contributed by atoms with Crippen LogP contribution in [0, 0.1) is 11.8 Å². The number of nitrogens with two attached hydrogens (primary N) is 1. The third-order valence-electron chi connectivity index (χ3n) is 1.76. The van der Waals surface area contributed by atoms with Crippen LogP contribution in [0.2, 0.25) is 5.02 Å². The average molecular weight is 244 g/mol. The van der Waals surface area contributed by atoms with Crippen LogP contribution in [0.3, 0.4) is 0 Å². The van der Waals surface area contributed by atoms with Gasteiger partial charge in [-0.2, -0.15) is 0 Å². The molecule has 0 aromatic heterocycles. The predicted octanol–water partition coefficient (Wildman–Crippen LogP) is 2.91. The monoisotopic (exact) mass is 243 g/mol. The summed E-state index contributed by atoms with van der Waals surface area (Å²) in [7, 11) is 1.55. The van der Waals surface area contributed by atoms with E-state index in [1.54, 1.807) is 19.2 Å². The lowest BCUT2D eigenvalue weighted by atomic mass is 10.2. The number of nitrogen functional groups attached to an aromatic ring is 1. The third-order valence-corrected chi connectivity index (χ3v) is 2.26. The van der Waals surface area contributed by atoms with Crippen LogP contribution in [0.25, 0.3) is 0 Å². The highest BCUT2D eigenvalue weighted by molar-refractivity contribution is 6.32. The maximum atomic E-state index is 5.97. The molecule has 1 rings (SSSR count). The number of hydrogen-bond acceptors (Lipinski definition) is 2. The average Bonchev–Trinajstić information content (AvgIpc) is 2.21. The minimum atomic E-state index is 0.505. The number of anilines is 1. The highest BCUT2D eigenvalue weighted by Crippen LogP contribution is 2.28. The van der Waals surface area contributed by atoms with Crippen LogP contribution in [0.4, 0.5) is 5.69 Å². The normalized spacial score (nSPS) is 9.27. The molecule has 0 heterocycles. The van der Waals surface area contributed by atoms with Crippen molar-refractivity contribution in [2.24, 2.45) is 0 Å². The van der Waals surface area contributed by atoms with Gasteiger partial charge in [-0.1, -0.05) is 23.4 Å². The molecule has 0 aliphatic heterocycles. The highest BCUT2D eigenvalue weighted by atomic mass is 35.5. The van der Waals surface area contributed by atoms with E-state index < -0.39 is 0 Å². The van der Waals surface area contributed by atoms with Gasteiger partial charge in [0.25, 0.3) is 0 Å². The molecule has 4 heteroatoms. The van der Waals surface area contributed by atoms with Gasteiger partial charge < -0.3 is 10.5 Å². The van der Waals surface area contributed by atoms with Crippen LogP contribution >= 0.6 is 23.2 Å². The number of ether oxygens (including phenoxy) is 1. The lowest BCUT2D eigenvalue weighted by molar-refractivity contribution is 0.417. The second-order valence-electron chi connectivity index (χ2n) is 2.81. The Morgan fingerprint density at radius 1 is 1.47 bits per heavy atom. The van der Waals surface area contributed by atoms with E-state index >= 15 is 0 Å². The zero-order valence-electron chi connectivity index (χ0n) is 8.31. The van der Waals surface area contributed by atoms with E-state index in [0.29, 0.717) is 34.3 Å². The molecule has 0 atom stereocenters. The summed E-state index contributed by atoms with van der Waals surface area (Å²) in [5, 5.41) is 0.523. The molecule has 15 heavy (non-hydrogen) atoms. The SMILES string of the molecule is COc1cc(C#CCCCl)c(Cl)cc1N. The number of hydrogen-bond donors (Lipinski definition) is 1. The molecule has 0 aliphatic carbocycles. The standard InChI is InChI=1S/C11H11Cl2NO/c1-15-11-6-8(4-2-3-5-12)9(13)7-10(11)14/h6-7H,3,5,14H2,1H3. The van der Waals surface area contributed by atoms with E-state index in [-0.39, 0.29) is 0 Å². The topological polar surface area (TPSA) is 35.2 Å². The molecule has 0 radical (unpaired) electrons. The van der Waals surface area contributed by atoms with Gasteiger partial charge in [0.2, 0.25) is 0 Å². The van der Waals surface area contributed by atoms with E-state index in [4.69, 9.17) is 33.7 Å². The summed E-state index contributed by atoms with van der Waals surface area (Å²) in [6.45, 7) is 0.